The Labute approximate surface area is 92.3 Å². The Morgan fingerprint density at radius 1 is 0.667 bits per heavy atom. The molecular formula is C15H18. The van der Waals surface area contributed by atoms with Crippen LogP contribution in [0.4, 0.5) is 0 Å². The molecule has 0 aliphatic heterocycles. The summed E-state index contributed by atoms with van der Waals surface area (Å²) in [5.74, 6) is 0. The van der Waals surface area contributed by atoms with Gasteiger partial charge in [-0.05, 0) is 68.0 Å². The van der Waals surface area contributed by atoms with Gasteiger partial charge in [0.05, 0.1) is 0 Å². The van der Waals surface area contributed by atoms with Crippen LogP contribution >= 0.6 is 0 Å². The number of aryl methyl sites for hydroxylation is 4. The summed E-state index contributed by atoms with van der Waals surface area (Å²) in [5.41, 5.74) is 9.81. The van der Waals surface area contributed by atoms with Crippen LogP contribution in [0.1, 0.15) is 27.8 Å². The summed E-state index contributed by atoms with van der Waals surface area (Å²) in [6.45, 7) is 11.0. The summed E-state index contributed by atoms with van der Waals surface area (Å²) < 4.78 is 0. The smallest absolute Gasteiger partial charge is 0.0120 e. The molecule has 2 rings (SSSR count). The second-order valence-electron chi connectivity index (χ2n) is 4.64. The van der Waals surface area contributed by atoms with Crippen molar-refractivity contribution in [1.82, 2.24) is 0 Å². The van der Waals surface area contributed by atoms with E-state index < -0.39 is 0 Å². The average Bonchev–Trinajstić information content (AvgIpc) is 2.37. The molecule has 0 bridgehead atoms. The van der Waals surface area contributed by atoms with Gasteiger partial charge >= 0.3 is 0 Å². The second kappa shape index (κ2) is 3.37. The van der Waals surface area contributed by atoms with Crippen LogP contribution in [0.25, 0.3) is 11.1 Å². The number of rotatable bonds is 0. The summed E-state index contributed by atoms with van der Waals surface area (Å²) >= 11 is 0. The van der Waals surface area contributed by atoms with Crippen molar-refractivity contribution in [2.24, 2.45) is 0 Å². The highest BCUT2D eigenvalue weighted by Crippen LogP contribution is 2.35. The third-order valence-electron chi connectivity index (χ3n) is 3.30. The molecule has 0 amide bonds. The van der Waals surface area contributed by atoms with Crippen LogP contribution < -0.4 is 0 Å². The highest BCUT2D eigenvalue weighted by Gasteiger charge is 2.13. The zero-order valence-electron chi connectivity index (χ0n) is 10.2. The fraction of sp³-hybridized carbons (Fsp3) is 0.333. The molecule has 2 aliphatic carbocycles. The van der Waals surface area contributed by atoms with Gasteiger partial charge in [0, 0.05) is 0 Å². The van der Waals surface area contributed by atoms with E-state index in [2.05, 4.69) is 52.8 Å². The summed E-state index contributed by atoms with van der Waals surface area (Å²) in [6, 6.07) is 6.86. The first-order valence-electron chi connectivity index (χ1n) is 5.48. The number of fused-ring (bicyclic) bond motifs is 1. The van der Waals surface area contributed by atoms with Crippen LogP contribution in [0.3, 0.4) is 0 Å². The molecule has 0 saturated carbocycles. The van der Waals surface area contributed by atoms with Gasteiger partial charge in [-0.1, -0.05) is 23.8 Å². The van der Waals surface area contributed by atoms with E-state index >= 15 is 0 Å². The van der Waals surface area contributed by atoms with Gasteiger partial charge in [-0.15, -0.1) is 0 Å². The molecule has 0 radical (unpaired) electrons. The van der Waals surface area contributed by atoms with Gasteiger partial charge in [0.15, 0.2) is 0 Å². The molecule has 0 unspecified atom stereocenters. The molecule has 78 valence electrons. The quantitative estimate of drug-likeness (QED) is 0.591. The van der Waals surface area contributed by atoms with E-state index in [1.807, 2.05) is 0 Å². The highest BCUT2D eigenvalue weighted by molar-refractivity contribution is 5.78. The second-order valence-corrected chi connectivity index (χ2v) is 4.64. The third kappa shape index (κ3) is 1.54. The van der Waals surface area contributed by atoms with Crippen molar-refractivity contribution < 1.29 is 0 Å². The van der Waals surface area contributed by atoms with Crippen LogP contribution in [0.2, 0.25) is 0 Å². The molecule has 0 saturated heterocycles. The van der Waals surface area contributed by atoms with Gasteiger partial charge in [0.25, 0.3) is 0 Å². The Morgan fingerprint density at radius 2 is 1.27 bits per heavy atom. The minimum atomic E-state index is 1.35. The zero-order valence-corrected chi connectivity index (χ0v) is 10.2. The predicted octanol–water partition coefficient (Wildman–Crippen LogP) is 4.33. The average molecular weight is 198 g/mol. The van der Waals surface area contributed by atoms with E-state index in [-0.39, 0.29) is 0 Å². The van der Waals surface area contributed by atoms with Crippen molar-refractivity contribution >= 4 is 0 Å². The Kier molecular flexibility index (Phi) is 2.30. The molecule has 0 nitrogen and oxygen atoms in total. The van der Waals surface area contributed by atoms with Crippen LogP contribution in [-0.4, -0.2) is 0 Å². The monoisotopic (exact) mass is 198 g/mol. The largest absolute Gasteiger partial charge is 0.0558 e. The molecule has 0 spiro atoms. The van der Waals surface area contributed by atoms with Gasteiger partial charge in [-0.3, -0.25) is 0 Å². The first kappa shape index (κ1) is 10.2. The maximum Gasteiger partial charge on any atom is -0.0120 e. The minimum Gasteiger partial charge on any atom is -0.0558 e. The van der Waals surface area contributed by atoms with Crippen LogP contribution in [0, 0.1) is 34.6 Å². The predicted molar refractivity (Wildman–Crippen MR) is 66.7 cm³/mol. The molecular weight excluding hydrogens is 180 g/mol. The van der Waals surface area contributed by atoms with Gasteiger partial charge in [-0.25, -0.2) is 0 Å². The summed E-state index contributed by atoms with van der Waals surface area (Å²) in [5, 5.41) is 0. The molecule has 0 aromatic rings. The van der Waals surface area contributed by atoms with Crippen molar-refractivity contribution in [1.29, 1.82) is 0 Å². The maximum atomic E-state index is 2.31. The third-order valence-corrected chi connectivity index (χ3v) is 3.30. The van der Waals surface area contributed by atoms with E-state index in [4.69, 9.17) is 0 Å². The maximum absolute atomic E-state index is 2.31. The lowest BCUT2D eigenvalue weighted by molar-refractivity contribution is 1.37. The van der Waals surface area contributed by atoms with Crippen LogP contribution in [-0.2, 0) is 0 Å². The van der Waals surface area contributed by atoms with Crippen LogP contribution in [0.15, 0.2) is 18.2 Å². The zero-order chi connectivity index (χ0) is 11.2. The van der Waals surface area contributed by atoms with Crippen molar-refractivity contribution in [3.05, 3.63) is 46.0 Å². The summed E-state index contributed by atoms with van der Waals surface area (Å²) in [7, 11) is 0. The normalized spacial score (nSPS) is 11.0. The Bertz CT molecular complexity index is 492. The Balaban J connectivity index is 2.93. The van der Waals surface area contributed by atoms with Gasteiger partial charge < -0.3 is 0 Å². The molecule has 0 heteroatoms. The van der Waals surface area contributed by atoms with E-state index in [1.165, 1.54) is 38.9 Å². The molecule has 15 heavy (non-hydrogen) atoms. The molecule has 0 aromatic carbocycles. The molecule has 0 atom stereocenters. The number of hydrogen-bond donors (Lipinski definition) is 0. The first-order chi connectivity index (χ1) is 7.00. The summed E-state index contributed by atoms with van der Waals surface area (Å²) in [6.07, 6.45) is 0. The lowest BCUT2D eigenvalue weighted by atomic mass is 10.0. The molecule has 0 aromatic heterocycles. The summed E-state index contributed by atoms with van der Waals surface area (Å²) in [4.78, 5) is 0. The minimum absolute atomic E-state index is 1.35. The Hall–Kier alpha value is -1.30. The molecule has 0 N–H and O–H groups in total. The van der Waals surface area contributed by atoms with Gasteiger partial charge in [0.2, 0.25) is 0 Å². The van der Waals surface area contributed by atoms with Crippen LogP contribution in [0.5, 0.6) is 0 Å². The van der Waals surface area contributed by atoms with Crippen molar-refractivity contribution in [3.63, 3.8) is 0 Å². The fourth-order valence-electron chi connectivity index (χ4n) is 2.49. The van der Waals surface area contributed by atoms with Crippen molar-refractivity contribution in [3.8, 4) is 11.1 Å². The Morgan fingerprint density at radius 3 is 1.93 bits per heavy atom. The van der Waals surface area contributed by atoms with E-state index in [1.54, 1.807) is 0 Å². The lowest BCUT2D eigenvalue weighted by Crippen LogP contribution is -1.80. The SMILES string of the molecule is Cc1cc(C)c2cc(C)c(C)c-2c(C)c1. The number of hydrogen-bond acceptors (Lipinski definition) is 0. The molecule has 2 aliphatic rings. The lowest BCUT2D eigenvalue weighted by Gasteiger charge is -2.02. The molecule has 0 fully saturated rings. The highest BCUT2D eigenvalue weighted by atomic mass is 14.2. The van der Waals surface area contributed by atoms with E-state index in [0.29, 0.717) is 0 Å². The van der Waals surface area contributed by atoms with Gasteiger partial charge in [0.1, 0.15) is 0 Å². The van der Waals surface area contributed by atoms with E-state index in [9.17, 15) is 0 Å². The first-order valence-corrected chi connectivity index (χ1v) is 5.48. The van der Waals surface area contributed by atoms with Crippen molar-refractivity contribution in [2.45, 2.75) is 34.6 Å². The fourth-order valence-corrected chi connectivity index (χ4v) is 2.49. The molecule has 0 heterocycles. The van der Waals surface area contributed by atoms with Crippen molar-refractivity contribution in [2.75, 3.05) is 0 Å². The topological polar surface area (TPSA) is 0 Å². The van der Waals surface area contributed by atoms with Gasteiger partial charge in [-0.2, -0.15) is 0 Å². The standard InChI is InChI=1S/C15H18/c1-9-6-11(3)14-8-10(2)13(5)15(14)12(4)7-9/h6-8H,1-5H3. The van der Waals surface area contributed by atoms with E-state index in [0.717, 1.165) is 0 Å².